The summed E-state index contributed by atoms with van der Waals surface area (Å²) < 4.78 is 5.51. The van der Waals surface area contributed by atoms with Crippen LogP contribution >= 0.6 is 0 Å². The second kappa shape index (κ2) is 5.63. The smallest absolute Gasteiger partial charge is 0.236 e. The van der Waals surface area contributed by atoms with Crippen molar-refractivity contribution in [2.75, 3.05) is 12.4 Å². The van der Waals surface area contributed by atoms with Crippen LogP contribution in [0.1, 0.15) is 11.1 Å². The van der Waals surface area contributed by atoms with Crippen LogP contribution in [0.2, 0.25) is 0 Å². The zero-order chi connectivity index (χ0) is 17.4. The van der Waals surface area contributed by atoms with E-state index >= 15 is 0 Å². The third-order valence-corrected chi connectivity index (χ3v) is 4.67. The molecule has 0 radical (unpaired) electrons. The summed E-state index contributed by atoms with van der Waals surface area (Å²) in [4.78, 5) is 16.8. The number of allylic oxidation sites excluding steroid dienone is 2. The van der Waals surface area contributed by atoms with Crippen LogP contribution in [-0.2, 0) is 14.9 Å². The highest BCUT2D eigenvalue weighted by Crippen LogP contribution is 2.46. The molecule has 1 aromatic heterocycles. The maximum atomic E-state index is 12.6. The third kappa shape index (κ3) is 2.16. The SMILES string of the molecule is COC1=C2Nc3ccccc3C=C2C(C(N)=O)(c2cccnc2)C=C1. The molecule has 0 saturated carbocycles. The van der Waals surface area contributed by atoms with Crippen LogP contribution in [0.25, 0.3) is 6.08 Å². The van der Waals surface area contributed by atoms with E-state index in [4.69, 9.17) is 10.5 Å². The zero-order valence-corrected chi connectivity index (χ0v) is 13.7. The van der Waals surface area contributed by atoms with Crippen molar-refractivity contribution < 1.29 is 9.53 Å². The van der Waals surface area contributed by atoms with Gasteiger partial charge in [-0.3, -0.25) is 9.78 Å². The summed E-state index contributed by atoms with van der Waals surface area (Å²) in [5.41, 5.74) is 8.95. The highest BCUT2D eigenvalue weighted by Gasteiger charge is 2.45. The number of amides is 1. The molecule has 3 N–H and O–H groups in total. The number of nitrogens with one attached hydrogen (secondary N) is 1. The molecule has 5 heteroatoms. The molecular formula is C20H17N3O2. The van der Waals surface area contributed by atoms with Crippen LogP contribution in [-0.4, -0.2) is 18.0 Å². The molecule has 1 aliphatic carbocycles. The van der Waals surface area contributed by atoms with Gasteiger partial charge in [0.15, 0.2) is 0 Å². The highest BCUT2D eigenvalue weighted by molar-refractivity contribution is 5.99. The minimum atomic E-state index is -1.11. The lowest BCUT2D eigenvalue weighted by Gasteiger charge is -2.37. The molecule has 25 heavy (non-hydrogen) atoms. The van der Waals surface area contributed by atoms with E-state index in [1.165, 1.54) is 0 Å². The van der Waals surface area contributed by atoms with E-state index in [1.54, 1.807) is 37.7 Å². The molecule has 124 valence electrons. The van der Waals surface area contributed by atoms with Crippen LogP contribution in [0.3, 0.4) is 0 Å². The minimum Gasteiger partial charge on any atom is -0.495 e. The molecule has 1 unspecified atom stereocenters. The number of benzene rings is 1. The molecule has 2 aliphatic rings. The summed E-state index contributed by atoms with van der Waals surface area (Å²) in [6.45, 7) is 0. The van der Waals surface area contributed by atoms with E-state index in [0.29, 0.717) is 5.76 Å². The average molecular weight is 331 g/mol. The first-order valence-electron chi connectivity index (χ1n) is 7.93. The number of ether oxygens (including phenoxy) is 1. The molecule has 2 heterocycles. The van der Waals surface area contributed by atoms with Gasteiger partial charge in [0.1, 0.15) is 11.2 Å². The molecule has 2 aromatic rings. The van der Waals surface area contributed by atoms with E-state index < -0.39 is 11.3 Å². The number of rotatable bonds is 3. The highest BCUT2D eigenvalue weighted by atomic mass is 16.5. The number of hydrogen-bond acceptors (Lipinski definition) is 4. The number of carbonyl (C=O) groups excluding carboxylic acids is 1. The van der Waals surface area contributed by atoms with Crippen LogP contribution in [0.4, 0.5) is 5.69 Å². The topological polar surface area (TPSA) is 77.2 Å². The van der Waals surface area contributed by atoms with Gasteiger partial charge >= 0.3 is 0 Å². The van der Waals surface area contributed by atoms with Crippen molar-refractivity contribution in [3.63, 3.8) is 0 Å². The van der Waals surface area contributed by atoms with Gasteiger partial charge in [0.2, 0.25) is 5.91 Å². The van der Waals surface area contributed by atoms with E-state index in [-0.39, 0.29) is 0 Å². The maximum absolute atomic E-state index is 12.6. The Morgan fingerprint density at radius 3 is 2.80 bits per heavy atom. The van der Waals surface area contributed by atoms with Crippen LogP contribution < -0.4 is 11.1 Å². The Morgan fingerprint density at radius 2 is 2.08 bits per heavy atom. The molecule has 1 atom stereocenters. The quantitative estimate of drug-likeness (QED) is 0.906. The predicted octanol–water partition coefficient (Wildman–Crippen LogP) is 2.74. The summed E-state index contributed by atoms with van der Waals surface area (Å²) in [6.07, 6.45) is 8.90. The van der Waals surface area contributed by atoms with Gasteiger partial charge in [0.05, 0.1) is 12.8 Å². The molecule has 1 amide bonds. The largest absolute Gasteiger partial charge is 0.495 e. The van der Waals surface area contributed by atoms with E-state index in [1.807, 2.05) is 36.4 Å². The fourth-order valence-electron chi connectivity index (χ4n) is 3.42. The van der Waals surface area contributed by atoms with Crippen LogP contribution in [0, 0.1) is 0 Å². The van der Waals surface area contributed by atoms with Crippen molar-refractivity contribution in [3.05, 3.63) is 89.1 Å². The molecule has 1 aromatic carbocycles. The number of aromatic nitrogens is 1. The van der Waals surface area contributed by atoms with Crippen molar-refractivity contribution >= 4 is 17.7 Å². The fourth-order valence-corrected chi connectivity index (χ4v) is 3.42. The Hall–Kier alpha value is -3.34. The Morgan fingerprint density at radius 1 is 1.24 bits per heavy atom. The summed E-state index contributed by atoms with van der Waals surface area (Å²) in [7, 11) is 1.60. The number of para-hydroxylation sites is 1. The number of nitrogens with zero attached hydrogens (tertiary/aromatic N) is 1. The zero-order valence-electron chi connectivity index (χ0n) is 13.7. The predicted molar refractivity (Wildman–Crippen MR) is 96.3 cm³/mol. The lowest BCUT2D eigenvalue weighted by Crippen LogP contribution is -2.44. The van der Waals surface area contributed by atoms with Crippen molar-refractivity contribution in [2.24, 2.45) is 5.73 Å². The summed E-state index contributed by atoms with van der Waals surface area (Å²) >= 11 is 0. The number of carbonyl (C=O) groups is 1. The molecule has 0 bridgehead atoms. The Kier molecular flexibility index (Phi) is 3.42. The average Bonchev–Trinajstić information content (AvgIpc) is 2.66. The van der Waals surface area contributed by atoms with Gasteiger partial charge < -0.3 is 15.8 Å². The molecule has 1 aliphatic heterocycles. The molecular weight excluding hydrogens is 314 g/mol. The van der Waals surface area contributed by atoms with Gasteiger partial charge in [-0.15, -0.1) is 0 Å². The van der Waals surface area contributed by atoms with Crippen LogP contribution in [0.15, 0.2) is 78.0 Å². The van der Waals surface area contributed by atoms with E-state index in [9.17, 15) is 4.79 Å². The number of methoxy groups -OCH3 is 1. The second-order valence-electron chi connectivity index (χ2n) is 5.96. The van der Waals surface area contributed by atoms with E-state index in [0.717, 1.165) is 28.1 Å². The van der Waals surface area contributed by atoms with Crippen molar-refractivity contribution in [1.29, 1.82) is 0 Å². The first-order valence-corrected chi connectivity index (χ1v) is 7.93. The molecule has 0 saturated heterocycles. The van der Waals surface area contributed by atoms with Crippen LogP contribution in [0.5, 0.6) is 0 Å². The van der Waals surface area contributed by atoms with Gasteiger partial charge in [-0.2, -0.15) is 0 Å². The van der Waals surface area contributed by atoms with Gasteiger partial charge in [0.25, 0.3) is 0 Å². The minimum absolute atomic E-state index is 0.461. The number of fused-ring (bicyclic) bond motifs is 2. The summed E-state index contributed by atoms with van der Waals surface area (Å²) in [6, 6.07) is 11.5. The third-order valence-electron chi connectivity index (χ3n) is 4.67. The second-order valence-corrected chi connectivity index (χ2v) is 5.96. The van der Waals surface area contributed by atoms with Crippen molar-refractivity contribution in [3.8, 4) is 0 Å². The number of pyridine rings is 1. The number of nitrogens with two attached hydrogens (primary N) is 1. The Balaban J connectivity index is 2.02. The number of anilines is 1. The fraction of sp³-hybridized carbons (Fsp3) is 0.100. The molecule has 0 fully saturated rings. The first-order chi connectivity index (χ1) is 12.2. The standard InChI is InChI=1S/C20H17N3O2/c1-25-17-8-9-20(19(21)24,14-6-4-10-22-12-14)15-11-13-5-2-3-7-16(13)23-18(15)17/h2-12,23H,1H3,(H2,21,24). The maximum Gasteiger partial charge on any atom is 0.236 e. The lowest BCUT2D eigenvalue weighted by molar-refractivity contribution is -0.120. The summed E-state index contributed by atoms with van der Waals surface area (Å²) in [5, 5.41) is 3.39. The van der Waals surface area contributed by atoms with E-state index in [2.05, 4.69) is 10.3 Å². The van der Waals surface area contributed by atoms with Gasteiger partial charge in [-0.1, -0.05) is 30.3 Å². The first kappa shape index (κ1) is 15.2. The Labute approximate surface area is 145 Å². The van der Waals surface area contributed by atoms with Gasteiger partial charge in [0, 0.05) is 23.7 Å². The summed E-state index contributed by atoms with van der Waals surface area (Å²) in [5.74, 6) is 0.193. The van der Waals surface area contributed by atoms with Crippen molar-refractivity contribution in [2.45, 2.75) is 5.41 Å². The monoisotopic (exact) mass is 331 g/mol. The molecule has 5 nitrogen and oxygen atoms in total. The van der Waals surface area contributed by atoms with Crippen molar-refractivity contribution in [1.82, 2.24) is 4.98 Å². The molecule has 4 rings (SSSR count). The normalized spacial score (nSPS) is 20.9. The lowest BCUT2D eigenvalue weighted by atomic mass is 9.68. The van der Waals surface area contributed by atoms with Gasteiger partial charge in [-0.25, -0.2) is 0 Å². The Bertz CT molecular complexity index is 944. The number of hydrogen-bond donors (Lipinski definition) is 2. The number of primary amides is 1. The molecule has 0 spiro atoms. The van der Waals surface area contributed by atoms with Gasteiger partial charge in [-0.05, 0) is 35.4 Å².